The van der Waals surface area contributed by atoms with Crippen molar-refractivity contribution < 1.29 is 9.53 Å². The number of nitrogens with one attached hydrogen (secondary N) is 1. The highest BCUT2D eigenvalue weighted by atomic mass is 16.5. The number of pyridine rings is 1. The number of anilines is 1. The third-order valence-electron chi connectivity index (χ3n) is 5.54. The minimum atomic E-state index is -0.720. The molecular formula is C26H28N4O2. The largest absolute Gasteiger partial charge is 0.464 e. The highest BCUT2D eigenvalue weighted by Gasteiger charge is 2.20. The number of carbonyl (C=O) groups is 1. The van der Waals surface area contributed by atoms with Gasteiger partial charge >= 0.3 is 0 Å². The van der Waals surface area contributed by atoms with Crippen molar-refractivity contribution in [3.8, 4) is 17.0 Å². The lowest BCUT2D eigenvalue weighted by atomic mass is 10.0. The first-order valence-corrected chi connectivity index (χ1v) is 10.8. The van der Waals surface area contributed by atoms with E-state index in [4.69, 9.17) is 4.74 Å². The van der Waals surface area contributed by atoms with E-state index in [1.165, 1.54) is 5.56 Å². The van der Waals surface area contributed by atoms with Gasteiger partial charge in [-0.15, -0.1) is 0 Å². The Balaban J connectivity index is 1.59. The number of nitrogens with zero attached hydrogens (tertiary/aromatic N) is 3. The maximum atomic E-state index is 12.7. The lowest BCUT2D eigenvalue weighted by Gasteiger charge is -2.16. The summed E-state index contributed by atoms with van der Waals surface area (Å²) in [4.78, 5) is 17.4. The van der Waals surface area contributed by atoms with Crippen molar-refractivity contribution in [2.24, 2.45) is 7.05 Å². The minimum absolute atomic E-state index is 0.230. The predicted octanol–water partition coefficient (Wildman–Crippen LogP) is 5.47. The molecule has 0 aliphatic heterocycles. The number of carbonyl (C=O) groups excluding carboxylic acids is 1. The van der Waals surface area contributed by atoms with Gasteiger partial charge in [0.15, 0.2) is 11.8 Å². The van der Waals surface area contributed by atoms with Gasteiger partial charge in [0.25, 0.3) is 5.91 Å². The molecule has 1 atom stereocenters. The highest BCUT2D eigenvalue weighted by molar-refractivity contribution is 5.96. The van der Waals surface area contributed by atoms with Crippen LogP contribution in [-0.4, -0.2) is 26.8 Å². The van der Waals surface area contributed by atoms with Crippen LogP contribution < -0.4 is 10.1 Å². The number of aromatic nitrogens is 3. The second kappa shape index (κ2) is 8.83. The summed E-state index contributed by atoms with van der Waals surface area (Å²) in [5.41, 5.74) is 5.61. The van der Waals surface area contributed by atoms with Gasteiger partial charge in [-0.05, 0) is 48.6 Å². The molecular weight excluding hydrogens is 400 g/mol. The van der Waals surface area contributed by atoms with Gasteiger partial charge in [-0.3, -0.25) is 9.48 Å². The first kappa shape index (κ1) is 21.6. The molecule has 4 rings (SSSR count). The summed E-state index contributed by atoms with van der Waals surface area (Å²) in [5.74, 6) is 0.598. The quantitative estimate of drug-likeness (QED) is 0.442. The van der Waals surface area contributed by atoms with E-state index < -0.39 is 6.10 Å². The average Bonchev–Trinajstić information content (AvgIpc) is 3.07. The SMILES string of the molecule is Cc1nn(C)c2nc(O[C@@H](C)C(=O)Nc3ccc(C(C)C)cc3)cc(-c3ccccc3)c12. The van der Waals surface area contributed by atoms with Crippen LogP contribution in [0.1, 0.15) is 37.9 Å². The van der Waals surface area contributed by atoms with Crippen LogP contribution in [0.5, 0.6) is 5.88 Å². The number of fused-ring (bicyclic) bond motifs is 1. The summed E-state index contributed by atoms with van der Waals surface area (Å²) in [6.45, 7) is 7.97. The summed E-state index contributed by atoms with van der Waals surface area (Å²) >= 11 is 0. The summed E-state index contributed by atoms with van der Waals surface area (Å²) in [6, 6.07) is 19.8. The third kappa shape index (κ3) is 4.35. The Morgan fingerprint density at radius 3 is 2.38 bits per heavy atom. The van der Waals surface area contributed by atoms with Crippen molar-refractivity contribution in [2.75, 3.05) is 5.32 Å². The zero-order chi connectivity index (χ0) is 22.8. The fraction of sp³-hybridized carbons (Fsp3) is 0.269. The molecule has 2 heterocycles. The molecule has 1 N–H and O–H groups in total. The normalized spacial score (nSPS) is 12.2. The fourth-order valence-electron chi connectivity index (χ4n) is 3.76. The third-order valence-corrected chi connectivity index (χ3v) is 5.54. The number of amides is 1. The van der Waals surface area contributed by atoms with Crippen LogP contribution in [0.4, 0.5) is 5.69 Å². The predicted molar refractivity (Wildman–Crippen MR) is 128 cm³/mol. The van der Waals surface area contributed by atoms with Gasteiger partial charge in [-0.1, -0.05) is 56.3 Å². The Kier molecular flexibility index (Phi) is 5.95. The molecule has 0 aliphatic rings. The Labute approximate surface area is 188 Å². The van der Waals surface area contributed by atoms with Crippen LogP contribution in [0.2, 0.25) is 0 Å². The molecule has 2 aromatic heterocycles. The fourth-order valence-corrected chi connectivity index (χ4v) is 3.76. The standard InChI is InChI=1S/C26H28N4O2/c1-16(2)19-11-13-21(14-12-19)27-26(31)18(4)32-23-15-22(20-9-7-6-8-10-20)24-17(3)29-30(5)25(24)28-23/h6-16,18H,1-5H3,(H,27,31)/t18-/m0/s1. The molecule has 0 aliphatic carbocycles. The molecule has 0 saturated heterocycles. The molecule has 32 heavy (non-hydrogen) atoms. The highest BCUT2D eigenvalue weighted by Crippen LogP contribution is 2.33. The Bertz CT molecular complexity index is 1240. The van der Waals surface area contributed by atoms with Gasteiger partial charge in [0.1, 0.15) is 0 Å². The lowest BCUT2D eigenvalue weighted by Crippen LogP contribution is -2.30. The molecule has 0 bridgehead atoms. The smallest absolute Gasteiger partial charge is 0.265 e. The van der Waals surface area contributed by atoms with Gasteiger partial charge in [0.05, 0.1) is 11.1 Å². The van der Waals surface area contributed by atoms with Crippen LogP contribution >= 0.6 is 0 Å². The summed E-state index contributed by atoms with van der Waals surface area (Å²) in [5, 5.41) is 8.42. The molecule has 0 radical (unpaired) electrons. The van der Waals surface area contributed by atoms with Gasteiger partial charge in [0, 0.05) is 18.8 Å². The van der Waals surface area contributed by atoms with Crippen LogP contribution in [0.15, 0.2) is 60.7 Å². The van der Waals surface area contributed by atoms with Crippen molar-refractivity contribution in [3.05, 3.63) is 71.9 Å². The van der Waals surface area contributed by atoms with E-state index in [0.29, 0.717) is 11.8 Å². The van der Waals surface area contributed by atoms with Crippen molar-refractivity contribution in [2.45, 2.75) is 39.7 Å². The zero-order valence-electron chi connectivity index (χ0n) is 19.1. The van der Waals surface area contributed by atoms with Gasteiger partial charge < -0.3 is 10.1 Å². The molecule has 0 unspecified atom stereocenters. The van der Waals surface area contributed by atoms with E-state index in [2.05, 4.69) is 29.2 Å². The number of hydrogen-bond acceptors (Lipinski definition) is 4. The van der Waals surface area contributed by atoms with E-state index in [1.54, 1.807) is 11.6 Å². The van der Waals surface area contributed by atoms with Crippen LogP contribution in [0.25, 0.3) is 22.2 Å². The second-order valence-corrected chi connectivity index (χ2v) is 8.31. The van der Waals surface area contributed by atoms with E-state index in [-0.39, 0.29) is 5.91 Å². The second-order valence-electron chi connectivity index (χ2n) is 8.31. The van der Waals surface area contributed by atoms with Crippen molar-refractivity contribution >= 4 is 22.6 Å². The molecule has 6 heteroatoms. The molecule has 0 spiro atoms. The number of aryl methyl sites for hydroxylation is 2. The van der Waals surface area contributed by atoms with Crippen molar-refractivity contribution in [1.82, 2.24) is 14.8 Å². The van der Waals surface area contributed by atoms with E-state index in [9.17, 15) is 4.79 Å². The number of rotatable bonds is 6. The molecule has 2 aromatic carbocycles. The molecule has 0 fully saturated rings. The van der Waals surface area contributed by atoms with Gasteiger partial charge in [0.2, 0.25) is 5.88 Å². The van der Waals surface area contributed by atoms with Crippen LogP contribution in [0.3, 0.4) is 0 Å². The molecule has 0 saturated carbocycles. The molecule has 4 aromatic rings. The number of hydrogen-bond donors (Lipinski definition) is 1. The lowest BCUT2D eigenvalue weighted by molar-refractivity contribution is -0.122. The first-order chi connectivity index (χ1) is 15.3. The van der Waals surface area contributed by atoms with Gasteiger partial charge in [-0.2, -0.15) is 10.1 Å². The monoisotopic (exact) mass is 428 g/mol. The Morgan fingerprint density at radius 1 is 1.03 bits per heavy atom. The van der Waals surface area contributed by atoms with E-state index in [1.807, 2.05) is 74.6 Å². The van der Waals surface area contributed by atoms with Crippen molar-refractivity contribution in [1.29, 1.82) is 0 Å². The van der Waals surface area contributed by atoms with E-state index >= 15 is 0 Å². The summed E-state index contributed by atoms with van der Waals surface area (Å²) < 4.78 is 7.72. The molecule has 6 nitrogen and oxygen atoms in total. The molecule has 1 amide bonds. The maximum Gasteiger partial charge on any atom is 0.265 e. The topological polar surface area (TPSA) is 69.0 Å². The van der Waals surface area contributed by atoms with Crippen molar-refractivity contribution in [3.63, 3.8) is 0 Å². The maximum absolute atomic E-state index is 12.7. The first-order valence-electron chi connectivity index (χ1n) is 10.8. The summed E-state index contributed by atoms with van der Waals surface area (Å²) in [7, 11) is 1.86. The number of benzene rings is 2. The van der Waals surface area contributed by atoms with Gasteiger partial charge in [-0.25, -0.2) is 0 Å². The minimum Gasteiger partial charge on any atom is -0.464 e. The average molecular weight is 429 g/mol. The van der Waals surface area contributed by atoms with Crippen LogP contribution in [-0.2, 0) is 11.8 Å². The Hall–Kier alpha value is -3.67. The zero-order valence-corrected chi connectivity index (χ0v) is 19.1. The summed E-state index contributed by atoms with van der Waals surface area (Å²) in [6.07, 6.45) is -0.720. The molecule has 164 valence electrons. The van der Waals surface area contributed by atoms with Crippen LogP contribution in [0, 0.1) is 6.92 Å². The number of ether oxygens (including phenoxy) is 1. The van der Waals surface area contributed by atoms with E-state index in [0.717, 1.165) is 33.5 Å². The Morgan fingerprint density at radius 2 is 1.72 bits per heavy atom.